The molecule has 0 bridgehead atoms. The molecule has 0 unspecified atom stereocenters. The van der Waals surface area contributed by atoms with Gasteiger partial charge in [0.2, 0.25) is 10.9 Å². The number of esters is 1. The Morgan fingerprint density at radius 2 is 1.85 bits per heavy atom. The molecular formula is C18H23N3O5S. The van der Waals surface area contributed by atoms with Crippen molar-refractivity contribution >= 4 is 16.0 Å². The Morgan fingerprint density at radius 1 is 1.15 bits per heavy atom. The summed E-state index contributed by atoms with van der Waals surface area (Å²) in [7, 11) is -3.76. The fourth-order valence-electron chi connectivity index (χ4n) is 2.93. The third kappa shape index (κ3) is 4.74. The van der Waals surface area contributed by atoms with Gasteiger partial charge in [0.05, 0.1) is 6.61 Å². The van der Waals surface area contributed by atoms with E-state index in [1.54, 1.807) is 19.3 Å². The lowest BCUT2D eigenvalue weighted by Crippen LogP contribution is -2.48. The molecule has 0 aliphatic carbocycles. The number of sulfonamides is 1. The van der Waals surface area contributed by atoms with Gasteiger partial charge in [-0.15, -0.1) is 0 Å². The van der Waals surface area contributed by atoms with Gasteiger partial charge in [0.15, 0.2) is 0 Å². The highest BCUT2D eigenvalue weighted by Crippen LogP contribution is 2.21. The lowest BCUT2D eigenvalue weighted by molar-refractivity contribution is 0.0483. The van der Waals surface area contributed by atoms with Crippen molar-refractivity contribution in [3.05, 3.63) is 48.0 Å². The van der Waals surface area contributed by atoms with E-state index in [0.29, 0.717) is 26.2 Å². The predicted molar refractivity (Wildman–Crippen MR) is 97.8 cm³/mol. The maximum Gasteiger partial charge on any atom is 0.374 e. The molecule has 146 valence electrons. The van der Waals surface area contributed by atoms with Crippen LogP contribution in [0.15, 0.2) is 46.2 Å². The van der Waals surface area contributed by atoms with Gasteiger partial charge < -0.3 is 14.1 Å². The number of ether oxygens (including phenoxy) is 1. The van der Waals surface area contributed by atoms with Crippen LogP contribution in [0.1, 0.15) is 23.0 Å². The van der Waals surface area contributed by atoms with Gasteiger partial charge in [-0.05, 0) is 43.2 Å². The molecule has 3 heterocycles. The van der Waals surface area contributed by atoms with Crippen molar-refractivity contribution < 1.29 is 22.4 Å². The first-order valence-corrected chi connectivity index (χ1v) is 10.3. The lowest BCUT2D eigenvalue weighted by Gasteiger charge is -2.33. The minimum Gasteiger partial charge on any atom is -0.460 e. The molecule has 0 saturated carbocycles. The summed E-state index contributed by atoms with van der Waals surface area (Å²) in [5.41, 5.74) is 1.21. The van der Waals surface area contributed by atoms with Crippen molar-refractivity contribution in [1.29, 1.82) is 0 Å². The molecule has 0 atom stereocenters. The first-order chi connectivity index (χ1) is 13.0. The Morgan fingerprint density at radius 3 is 2.52 bits per heavy atom. The zero-order valence-corrected chi connectivity index (χ0v) is 16.0. The van der Waals surface area contributed by atoms with Crippen molar-refractivity contribution in [3.8, 4) is 0 Å². The molecule has 27 heavy (non-hydrogen) atoms. The second-order valence-corrected chi connectivity index (χ2v) is 8.06. The van der Waals surface area contributed by atoms with E-state index in [9.17, 15) is 13.2 Å². The zero-order valence-electron chi connectivity index (χ0n) is 15.2. The van der Waals surface area contributed by atoms with Crippen LogP contribution in [0, 0.1) is 0 Å². The minimum atomic E-state index is -3.76. The average molecular weight is 393 g/mol. The van der Waals surface area contributed by atoms with Gasteiger partial charge in [-0.25, -0.2) is 13.2 Å². The number of nitrogens with zero attached hydrogens (tertiary/aromatic N) is 3. The summed E-state index contributed by atoms with van der Waals surface area (Å²) < 4.78 is 36.9. The summed E-state index contributed by atoms with van der Waals surface area (Å²) in [4.78, 5) is 17.9. The Hall–Kier alpha value is -2.23. The summed E-state index contributed by atoms with van der Waals surface area (Å²) >= 11 is 0. The standard InChI is InChI=1S/C18H23N3O5S/c1-2-25-18(22)16-3-4-17(26-16)27(23,24)21-13-11-20(12-14-21)10-7-15-5-8-19-9-6-15/h3-6,8-9H,2,7,10-14H2,1H3. The van der Waals surface area contributed by atoms with Gasteiger partial charge >= 0.3 is 5.97 Å². The van der Waals surface area contributed by atoms with E-state index in [1.807, 2.05) is 12.1 Å². The first-order valence-electron chi connectivity index (χ1n) is 8.89. The summed E-state index contributed by atoms with van der Waals surface area (Å²) in [6.07, 6.45) is 4.44. The third-order valence-corrected chi connectivity index (χ3v) is 6.22. The van der Waals surface area contributed by atoms with E-state index in [2.05, 4.69) is 9.88 Å². The second kappa shape index (κ2) is 8.64. The molecule has 3 rings (SSSR count). The van der Waals surface area contributed by atoms with Crippen LogP contribution >= 0.6 is 0 Å². The predicted octanol–water partition coefficient (Wildman–Crippen LogP) is 1.40. The number of pyridine rings is 1. The monoisotopic (exact) mass is 393 g/mol. The smallest absolute Gasteiger partial charge is 0.374 e. The van der Waals surface area contributed by atoms with Crippen LogP contribution in [0.25, 0.3) is 0 Å². The second-order valence-electron chi connectivity index (χ2n) is 6.19. The Balaban J connectivity index is 1.56. The molecule has 0 spiro atoms. The summed E-state index contributed by atoms with van der Waals surface area (Å²) in [6, 6.07) is 6.60. The lowest BCUT2D eigenvalue weighted by atomic mass is 10.2. The van der Waals surface area contributed by atoms with Crippen LogP contribution in [-0.4, -0.2) is 67.9 Å². The van der Waals surface area contributed by atoms with Crippen molar-refractivity contribution in [2.45, 2.75) is 18.4 Å². The number of carbonyl (C=O) groups is 1. The van der Waals surface area contributed by atoms with Crippen LogP contribution in [0.3, 0.4) is 0 Å². The highest BCUT2D eigenvalue weighted by atomic mass is 32.2. The molecule has 2 aromatic rings. The van der Waals surface area contributed by atoms with Crippen LogP contribution in [0.4, 0.5) is 0 Å². The van der Waals surface area contributed by atoms with Crippen molar-refractivity contribution in [3.63, 3.8) is 0 Å². The molecule has 1 fully saturated rings. The van der Waals surface area contributed by atoms with E-state index in [0.717, 1.165) is 13.0 Å². The Bertz CT molecular complexity index is 858. The van der Waals surface area contributed by atoms with E-state index < -0.39 is 16.0 Å². The average Bonchev–Trinajstić information content (AvgIpc) is 3.19. The molecule has 2 aromatic heterocycles. The fraction of sp³-hybridized carbons (Fsp3) is 0.444. The maximum atomic E-state index is 12.7. The largest absolute Gasteiger partial charge is 0.460 e. The Labute approximate surface area is 158 Å². The number of furan rings is 1. The molecule has 1 saturated heterocycles. The summed E-state index contributed by atoms with van der Waals surface area (Å²) in [6.45, 7) is 4.80. The van der Waals surface area contributed by atoms with Gasteiger partial charge in [-0.3, -0.25) is 4.98 Å². The molecule has 9 heteroatoms. The van der Waals surface area contributed by atoms with E-state index in [1.165, 1.54) is 22.0 Å². The SMILES string of the molecule is CCOC(=O)c1ccc(S(=O)(=O)N2CCN(CCc3ccncc3)CC2)o1. The highest BCUT2D eigenvalue weighted by molar-refractivity contribution is 7.89. The number of rotatable bonds is 7. The van der Waals surface area contributed by atoms with Gasteiger partial charge in [-0.2, -0.15) is 4.31 Å². The maximum absolute atomic E-state index is 12.7. The number of hydrogen-bond acceptors (Lipinski definition) is 7. The summed E-state index contributed by atoms with van der Waals surface area (Å²) in [5, 5.41) is -0.226. The topological polar surface area (TPSA) is 93.0 Å². The van der Waals surface area contributed by atoms with Crippen molar-refractivity contribution in [2.24, 2.45) is 0 Å². The minimum absolute atomic E-state index is 0.105. The van der Waals surface area contributed by atoms with Crippen LogP contribution in [0.5, 0.6) is 0 Å². The van der Waals surface area contributed by atoms with Gasteiger partial charge in [0.1, 0.15) is 0 Å². The van der Waals surface area contributed by atoms with E-state index in [-0.39, 0.29) is 17.5 Å². The molecule has 1 aliphatic rings. The van der Waals surface area contributed by atoms with Crippen LogP contribution in [0.2, 0.25) is 0 Å². The van der Waals surface area contributed by atoms with E-state index >= 15 is 0 Å². The third-order valence-electron chi connectivity index (χ3n) is 4.45. The van der Waals surface area contributed by atoms with E-state index in [4.69, 9.17) is 9.15 Å². The van der Waals surface area contributed by atoms with Crippen molar-refractivity contribution in [1.82, 2.24) is 14.2 Å². The number of aromatic nitrogens is 1. The molecular weight excluding hydrogens is 370 g/mol. The van der Waals surface area contributed by atoms with Gasteiger partial charge in [-0.1, -0.05) is 0 Å². The summed E-state index contributed by atoms with van der Waals surface area (Å²) in [5.74, 6) is -0.772. The number of piperazine rings is 1. The normalized spacial score (nSPS) is 16.3. The van der Waals surface area contributed by atoms with Crippen LogP contribution < -0.4 is 0 Å². The fourth-order valence-corrected chi connectivity index (χ4v) is 4.26. The number of hydrogen-bond donors (Lipinski definition) is 0. The zero-order chi connectivity index (χ0) is 19.3. The molecule has 1 aliphatic heterocycles. The molecule has 0 N–H and O–H groups in total. The van der Waals surface area contributed by atoms with Crippen LogP contribution in [-0.2, 0) is 21.2 Å². The van der Waals surface area contributed by atoms with Gasteiger partial charge in [0.25, 0.3) is 10.0 Å². The van der Waals surface area contributed by atoms with Crippen molar-refractivity contribution in [2.75, 3.05) is 39.3 Å². The molecule has 0 amide bonds. The molecule has 0 aromatic carbocycles. The first kappa shape index (κ1) is 19.5. The Kier molecular flexibility index (Phi) is 6.25. The van der Waals surface area contributed by atoms with Gasteiger partial charge in [0, 0.05) is 45.1 Å². The molecule has 8 nitrogen and oxygen atoms in total. The quantitative estimate of drug-likeness (QED) is 0.657. The molecule has 0 radical (unpaired) electrons. The number of carbonyl (C=O) groups excluding carboxylic acids is 1. The highest BCUT2D eigenvalue weighted by Gasteiger charge is 2.31.